The number of nitrogens with zero attached hydrogens (tertiary/aromatic N) is 2. The fourth-order valence-corrected chi connectivity index (χ4v) is 4.42. The molecule has 0 radical (unpaired) electrons. The van der Waals surface area contributed by atoms with E-state index in [9.17, 15) is 0 Å². The molecule has 1 aliphatic carbocycles. The minimum atomic E-state index is 0.153. The highest BCUT2D eigenvalue weighted by molar-refractivity contribution is 5.07. The number of likely N-dealkylation sites (tertiary alicyclic amines) is 1. The van der Waals surface area contributed by atoms with E-state index in [1.54, 1.807) is 0 Å². The van der Waals surface area contributed by atoms with Crippen LogP contribution in [0.15, 0.2) is 24.5 Å². The van der Waals surface area contributed by atoms with Crippen LogP contribution in [0.25, 0.3) is 0 Å². The Labute approximate surface area is 145 Å². The van der Waals surface area contributed by atoms with Crippen LogP contribution in [0, 0.1) is 11.8 Å². The first kappa shape index (κ1) is 16.5. The molecule has 2 saturated heterocycles. The maximum Gasteiger partial charge on any atom is 0.0736 e. The molecule has 3 fully saturated rings. The molecule has 1 saturated carbocycles. The monoisotopic (exact) mass is 330 g/mol. The minimum absolute atomic E-state index is 0.153. The van der Waals surface area contributed by atoms with Crippen molar-refractivity contribution in [2.75, 3.05) is 32.8 Å². The van der Waals surface area contributed by atoms with Crippen LogP contribution < -0.4 is 0 Å². The molecular weight excluding hydrogens is 300 g/mol. The van der Waals surface area contributed by atoms with Gasteiger partial charge in [-0.2, -0.15) is 0 Å². The highest BCUT2D eigenvalue weighted by atomic mass is 16.5. The Hall–Kier alpha value is -0.970. The topological polar surface area (TPSA) is 34.6 Å². The van der Waals surface area contributed by atoms with E-state index in [-0.39, 0.29) is 5.60 Å². The third-order valence-electron chi connectivity index (χ3n) is 6.14. The number of ether oxygens (including phenoxy) is 2. The molecule has 0 N–H and O–H groups in total. The average molecular weight is 330 g/mol. The molecule has 24 heavy (non-hydrogen) atoms. The minimum Gasteiger partial charge on any atom is -0.377 e. The quantitative estimate of drug-likeness (QED) is 0.719. The summed E-state index contributed by atoms with van der Waals surface area (Å²) in [6.45, 7) is 6.26. The highest BCUT2D eigenvalue weighted by Gasteiger charge is 2.46. The van der Waals surface area contributed by atoms with Gasteiger partial charge in [-0.05, 0) is 68.1 Å². The van der Waals surface area contributed by atoms with Crippen molar-refractivity contribution in [1.82, 2.24) is 9.88 Å². The lowest BCUT2D eigenvalue weighted by molar-refractivity contribution is -0.0726. The summed E-state index contributed by atoms with van der Waals surface area (Å²) in [5, 5.41) is 0. The molecule has 1 unspecified atom stereocenters. The van der Waals surface area contributed by atoms with Gasteiger partial charge in [0.15, 0.2) is 0 Å². The summed E-state index contributed by atoms with van der Waals surface area (Å²) in [5.41, 5.74) is 1.36. The number of piperidine rings is 1. The Balaban J connectivity index is 1.21. The van der Waals surface area contributed by atoms with Gasteiger partial charge < -0.3 is 14.4 Å². The molecule has 4 heteroatoms. The van der Waals surface area contributed by atoms with Crippen LogP contribution in [0.4, 0.5) is 0 Å². The lowest BCUT2D eigenvalue weighted by Crippen LogP contribution is -2.48. The Bertz CT molecular complexity index is 510. The maximum atomic E-state index is 6.29. The summed E-state index contributed by atoms with van der Waals surface area (Å²) in [7, 11) is 0. The van der Waals surface area contributed by atoms with Crippen LogP contribution in [0.2, 0.25) is 0 Å². The SMILES string of the molecule is c1cc(COCCC2CCOC23CCN(CC2CC2)CC3)ccn1. The van der Waals surface area contributed by atoms with E-state index in [2.05, 4.69) is 9.88 Å². The second kappa shape index (κ2) is 7.51. The normalized spacial score (nSPS) is 26.9. The first-order valence-electron chi connectivity index (χ1n) is 9.67. The molecule has 3 heterocycles. The van der Waals surface area contributed by atoms with E-state index in [4.69, 9.17) is 9.47 Å². The summed E-state index contributed by atoms with van der Waals surface area (Å²) in [6, 6.07) is 4.05. The van der Waals surface area contributed by atoms with Crippen molar-refractivity contribution in [2.45, 2.75) is 50.7 Å². The third-order valence-corrected chi connectivity index (χ3v) is 6.14. The van der Waals surface area contributed by atoms with Crippen molar-refractivity contribution in [2.24, 2.45) is 11.8 Å². The fourth-order valence-electron chi connectivity index (χ4n) is 4.42. The number of hydrogen-bond acceptors (Lipinski definition) is 4. The molecule has 0 aromatic carbocycles. The molecule has 1 spiro atoms. The molecule has 4 rings (SSSR count). The standard InChI is InChI=1S/C20H30N2O2/c1-2-17(1)15-22-11-7-20(8-12-22)19(6-14-24-20)5-13-23-16-18-3-9-21-10-4-18/h3-4,9-10,17,19H,1-2,5-8,11-16H2. The van der Waals surface area contributed by atoms with Gasteiger partial charge in [-0.25, -0.2) is 0 Å². The van der Waals surface area contributed by atoms with Crippen LogP contribution in [0.1, 0.15) is 44.1 Å². The van der Waals surface area contributed by atoms with Crippen LogP contribution >= 0.6 is 0 Å². The first-order valence-corrected chi connectivity index (χ1v) is 9.67. The molecule has 132 valence electrons. The van der Waals surface area contributed by atoms with E-state index >= 15 is 0 Å². The Kier molecular flexibility index (Phi) is 5.16. The molecular formula is C20H30N2O2. The highest BCUT2D eigenvalue weighted by Crippen LogP contribution is 2.43. The Morgan fingerprint density at radius 3 is 2.71 bits per heavy atom. The van der Waals surface area contributed by atoms with E-state index in [1.807, 2.05) is 24.5 Å². The van der Waals surface area contributed by atoms with Crippen molar-refractivity contribution in [3.63, 3.8) is 0 Å². The summed E-state index contributed by atoms with van der Waals surface area (Å²) in [4.78, 5) is 6.71. The Morgan fingerprint density at radius 1 is 1.17 bits per heavy atom. The van der Waals surface area contributed by atoms with Crippen LogP contribution in [-0.4, -0.2) is 48.3 Å². The van der Waals surface area contributed by atoms with Crippen molar-refractivity contribution in [3.05, 3.63) is 30.1 Å². The predicted molar refractivity (Wildman–Crippen MR) is 93.7 cm³/mol. The van der Waals surface area contributed by atoms with E-state index < -0.39 is 0 Å². The average Bonchev–Trinajstić information content (AvgIpc) is 3.36. The van der Waals surface area contributed by atoms with Crippen molar-refractivity contribution < 1.29 is 9.47 Å². The second-order valence-electron chi connectivity index (χ2n) is 7.84. The third kappa shape index (κ3) is 3.98. The van der Waals surface area contributed by atoms with Gasteiger partial charge in [-0.3, -0.25) is 4.98 Å². The lowest BCUT2D eigenvalue weighted by Gasteiger charge is -2.42. The van der Waals surface area contributed by atoms with Crippen LogP contribution in [0.5, 0.6) is 0 Å². The van der Waals surface area contributed by atoms with Gasteiger partial charge >= 0.3 is 0 Å². The first-order chi connectivity index (χ1) is 11.8. The summed E-state index contributed by atoms with van der Waals surface area (Å²) in [5.74, 6) is 1.68. The van der Waals surface area contributed by atoms with E-state index in [0.717, 1.165) is 25.6 Å². The smallest absolute Gasteiger partial charge is 0.0736 e. The molecule has 2 aliphatic heterocycles. The van der Waals surface area contributed by atoms with Gasteiger partial charge in [0.2, 0.25) is 0 Å². The fraction of sp³-hybridized carbons (Fsp3) is 0.750. The number of hydrogen-bond donors (Lipinski definition) is 0. The lowest BCUT2D eigenvalue weighted by atomic mass is 9.78. The largest absolute Gasteiger partial charge is 0.377 e. The van der Waals surface area contributed by atoms with Gasteiger partial charge in [0.05, 0.1) is 12.2 Å². The van der Waals surface area contributed by atoms with Gasteiger partial charge in [0.25, 0.3) is 0 Å². The predicted octanol–water partition coefficient (Wildman–Crippen LogP) is 3.27. The van der Waals surface area contributed by atoms with Crippen LogP contribution in [0.3, 0.4) is 0 Å². The number of pyridine rings is 1. The van der Waals surface area contributed by atoms with Crippen molar-refractivity contribution in [3.8, 4) is 0 Å². The molecule has 1 aromatic rings. The maximum absolute atomic E-state index is 6.29. The summed E-state index contributed by atoms with van der Waals surface area (Å²) >= 11 is 0. The molecule has 1 aromatic heterocycles. The molecule has 0 bridgehead atoms. The zero-order valence-electron chi connectivity index (χ0n) is 14.7. The van der Waals surface area contributed by atoms with Crippen molar-refractivity contribution >= 4 is 0 Å². The summed E-state index contributed by atoms with van der Waals surface area (Å²) in [6.07, 6.45) is 11.3. The van der Waals surface area contributed by atoms with Crippen LogP contribution in [-0.2, 0) is 16.1 Å². The Morgan fingerprint density at radius 2 is 1.96 bits per heavy atom. The van der Waals surface area contributed by atoms with Crippen molar-refractivity contribution in [1.29, 1.82) is 0 Å². The van der Waals surface area contributed by atoms with Gasteiger partial charge in [-0.15, -0.1) is 0 Å². The molecule has 1 atom stereocenters. The molecule has 3 aliphatic rings. The number of rotatable bonds is 7. The number of aromatic nitrogens is 1. The second-order valence-corrected chi connectivity index (χ2v) is 7.84. The van der Waals surface area contributed by atoms with Gasteiger partial charge in [0, 0.05) is 45.2 Å². The van der Waals surface area contributed by atoms with E-state index in [0.29, 0.717) is 12.5 Å². The zero-order chi connectivity index (χ0) is 16.2. The van der Waals surface area contributed by atoms with Gasteiger partial charge in [0.1, 0.15) is 0 Å². The molecule has 4 nitrogen and oxygen atoms in total. The van der Waals surface area contributed by atoms with E-state index in [1.165, 1.54) is 57.3 Å². The van der Waals surface area contributed by atoms with Gasteiger partial charge in [-0.1, -0.05) is 0 Å². The molecule has 0 amide bonds. The summed E-state index contributed by atoms with van der Waals surface area (Å²) < 4.78 is 12.2. The zero-order valence-corrected chi connectivity index (χ0v) is 14.7.